The van der Waals surface area contributed by atoms with Gasteiger partial charge in [0.05, 0.1) is 6.33 Å². The molecular weight excluding hydrogens is 437 g/mol. The molecule has 3 rings (SSSR count). The summed E-state index contributed by atoms with van der Waals surface area (Å²) in [5.74, 6) is 0.896. The Morgan fingerprint density at radius 3 is 2.62 bits per heavy atom. The maximum absolute atomic E-state index is 4.38. The number of hydrogen-bond acceptors (Lipinski definition) is 2. The van der Waals surface area contributed by atoms with Crippen LogP contribution in [0.3, 0.4) is 0 Å². The quantitative estimate of drug-likeness (QED) is 0.284. The van der Waals surface area contributed by atoms with E-state index in [0.29, 0.717) is 0 Å². The van der Waals surface area contributed by atoms with Gasteiger partial charge in [-0.2, -0.15) is 0 Å². The van der Waals surface area contributed by atoms with Gasteiger partial charge in [0.25, 0.3) is 0 Å². The third kappa shape index (κ3) is 5.46. The fourth-order valence-electron chi connectivity index (χ4n) is 3.77. The first kappa shape index (κ1) is 20.7. The van der Waals surface area contributed by atoms with E-state index in [9.17, 15) is 0 Å². The maximum atomic E-state index is 4.38. The molecule has 2 N–H and O–H groups in total. The minimum Gasteiger partial charge on any atom is -0.356 e. The molecule has 142 valence electrons. The van der Waals surface area contributed by atoms with Crippen LogP contribution in [0.4, 0.5) is 0 Å². The monoisotopic (exact) mass is 467 g/mol. The van der Waals surface area contributed by atoms with E-state index < -0.39 is 0 Å². The van der Waals surface area contributed by atoms with Gasteiger partial charge in [0.1, 0.15) is 0 Å². The van der Waals surface area contributed by atoms with Crippen LogP contribution >= 0.6 is 24.0 Å². The maximum Gasteiger partial charge on any atom is 0.191 e. The van der Waals surface area contributed by atoms with Gasteiger partial charge in [-0.15, -0.1) is 24.0 Å². The summed E-state index contributed by atoms with van der Waals surface area (Å²) in [6, 6.07) is 10.9. The second kappa shape index (κ2) is 10.5. The lowest BCUT2D eigenvalue weighted by molar-refractivity contribution is 0.431. The molecular formula is C20H30IN5. The van der Waals surface area contributed by atoms with Crippen molar-refractivity contribution in [1.29, 1.82) is 0 Å². The van der Waals surface area contributed by atoms with E-state index in [-0.39, 0.29) is 29.4 Å². The van der Waals surface area contributed by atoms with Crippen LogP contribution in [0.2, 0.25) is 0 Å². The molecule has 1 fully saturated rings. The lowest BCUT2D eigenvalue weighted by Gasteiger charge is -2.30. The summed E-state index contributed by atoms with van der Waals surface area (Å²) in [6.07, 6.45) is 11.8. The largest absolute Gasteiger partial charge is 0.356 e. The van der Waals surface area contributed by atoms with Crippen molar-refractivity contribution < 1.29 is 0 Å². The molecule has 26 heavy (non-hydrogen) atoms. The Hall–Kier alpha value is -1.57. The van der Waals surface area contributed by atoms with E-state index in [2.05, 4.69) is 55.5 Å². The summed E-state index contributed by atoms with van der Waals surface area (Å²) in [7, 11) is 1.84. The number of imidazole rings is 1. The highest BCUT2D eigenvalue weighted by molar-refractivity contribution is 14.0. The topological polar surface area (TPSA) is 54.2 Å². The number of aliphatic imine (C=N–C) groups is 1. The van der Waals surface area contributed by atoms with Crippen LogP contribution in [-0.2, 0) is 12.0 Å². The Bertz CT molecular complexity index is 648. The third-order valence-corrected chi connectivity index (χ3v) is 5.21. The van der Waals surface area contributed by atoms with Crippen molar-refractivity contribution in [3.63, 3.8) is 0 Å². The molecule has 0 spiro atoms. The molecule has 0 aliphatic heterocycles. The number of benzene rings is 1. The van der Waals surface area contributed by atoms with Crippen LogP contribution in [0.15, 0.2) is 54.0 Å². The molecule has 0 unspecified atom stereocenters. The van der Waals surface area contributed by atoms with Crippen LogP contribution in [0, 0.1) is 0 Å². The lowest BCUT2D eigenvalue weighted by atomic mass is 9.79. The molecule has 1 aromatic carbocycles. The highest BCUT2D eigenvalue weighted by atomic mass is 127. The van der Waals surface area contributed by atoms with Crippen molar-refractivity contribution in [3.05, 3.63) is 54.6 Å². The number of hydrogen-bond donors (Lipinski definition) is 2. The van der Waals surface area contributed by atoms with Gasteiger partial charge in [0.2, 0.25) is 0 Å². The predicted octanol–water partition coefficient (Wildman–Crippen LogP) is 3.57. The van der Waals surface area contributed by atoms with E-state index >= 15 is 0 Å². The molecule has 0 radical (unpaired) electrons. The molecule has 0 atom stereocenters. The molecule has 6 heteroatoms. The normalized spacial score (nSPS) is 16.1. The van der Waals surface area contributed by atoms with Gasteiger partial charge in [-0.05, 0) is 24.8 Å². The molecule has 0 bridgehead atoms. The van der Waals surface area contributed by atoms with Gasteiger partial charge >= 0.3 is 0 Å². The Morgan fingerprint density at radius 1 is 1.19 bits per heavy atom. The van der Waals surface area contributed by atoms with Crippen molar-refractivity contribution in [2.24, 2.45) is 4.99 Å². The molecule has 1 saturated carbocycles. The summed E-state index contributed by atoms with van der Waals surface area (Å²) < 4.78 is 2.10. The molecule has 0 saturated heterocycles. The van der Waals surface area contributed by atoms with Crippen LogP contribution in [0.5, 0.6) is 0 Å². The van der Waals surface area contributed by atoms with Gasteiger partial charge < -0.3 is 15.2 Å². The Balaban J connectivity index is 0.00000243. The fraction of sp³-hybridized carbons (Fsp3) is 0.500. The zero-order chi connectivity index (χ0) is 17.4. The van der Waals surface area contributed by atoms with E-state index in [0.717, 1.165) is 32.0 Å². The van der Waals surface area contributed by atoms with Gasteiger partial charge in [0, 0.05) is 44.5 Å². The molecule has 1 heterocycles. The van der Waals surface area contributed by atoms with Gasteiger partial charge in [-0.25, -0.2) is 4.98 Å². The Kier molecular flexibility index (Phi) is 8.41. The number of aromatic nitrogens is 2. The first-order valence-electron chi connectivity index (χ1n) is 9.28. The lowest BCUT2D eigenvalue weighted by Crippen LogP contribution is -2.45. The number of nitrogens with one attached hydrogen (secondary N) is 2. The SMILES string of the molecule is CN=C(NCCCn1ccnc1)NCC1(c2ccccc2)CCCC1.I. The first-order chi connectivity index (χ1) is 12.3. The fourth-order valence-corrected chi connectivity index (χ4v) is 3.77. The van der Waals surface area contributed by atoms with Crippen molar-refractivity contribution in [3.8, 4) is 0 Å². The molecule has 1 aromatic heterocycles. The van der Waals surface area contributed by atoms with E-state index in [1.807, 2.05) is 25.8 Å². The predicted molar refractivity (Wildman–Crippen MR) is 118 cm³/mol. The number of nitrogens with zero attached hydrogens (tertiary/aromatic N) is 3. The molecule has 0 amide bonds. The molecule has 1 aliphatic rings. The van der Waals surface area contributed by atoms with E-state index in [1.54, 1.807) is 0 Å². The first-order valence-corrected chi connectivity index (χ1v) is 9.28. The molecule has 5 nitrogen and oxygen atoms in total. The second-order valence-electron chi connectivity index (χ2n) is 6.86. The highest BCUT2D eigenvalue weighted by Crippen LogP contribution is 2.40. The smallest absolute Gasteiger partial charge is 0.191 e. The van der Waals surface area contributed by atoms with Gasteiger partial charge in [0.15, 0.2) is 5.96 Å². The number of rotatable bonds is 7. The standard InChI is InChI=1S/C20H29N5.HI/c1-21-19(23-12-7-14-25-15-13-22-17-25)24-16-20(10-5-6-11-20)18-8-3-2-4-9-18;/h2-4,8-9,13,15,17H,5-7,10-12,14,16H2,1H3,(H2,21,23,24);1H. The number of guanidine groups is 1. The zero-order valence-electron chi connectivity index (χ0n) is 15.5. The van der Waals surface area contributed by atoms with Crippen LogP contribution in [0.25, 0.3) is 0 Å². The van der Waals surface area contributed by atoms with Crippen LogP contribution < -0.4 is 10.6 Å². The van der Waals surface area contributed by atoms with E-state index in [4.69, 9.17) is 0 Å². The van der Waals surface area contributed by atoms with Crippen molar-refractivity contribution in [1.82, 2.24) is 20.2 Å². The highest BCUT2D eigenvalue weighted by Gasteiger charge is 2.35. The number of aryl methyl sites for hydroxylation is 1. The minimum absolute atomic E-state index is 0. The van der Waals surface area contributed by atoms with Gasteiger partial charge in [-0.3, -0.25) is 4.99 Å². The summed E-state index contributed by atoms with van der Waals surface area (Å²) in [6.45, 7) is 2.81. The van der Waals surface area contributed by atoms with Crippen LogP contribution in [0.1, 0.15) is 37.7 Å². The van der Waals surface area contributed by atoms with Crippen LogP contribution in [-0.4, -0.2) is 35.6 Å². The third-order valence-electron chi connectivity index (χ3n) is 5.21. The average molecular weight is 467 g/mol. The van der Waals surface area contributed by atoms with Gasteiger partial charge in [-0.1, -0.05) is 43.2 Å². The number of halogens is 1. The Morgan fingerprint density at radius 2 is 1.96 bits per heavy atom. The minimum atomic E-state index is 0. The zero-order valence-corrected chi connectivity index (χ0v) is 17.9. The Labute approximate surface area is 173 Å². The second-order valence-corrected chi connectivity index (χ2v) is 6.86. The molecule has 2 aromatic rings. The summed E-state index contributed by atoms with van der Waals surface area (Å²) in [5.41, 5.74) is 1.70. The summed E-state index contributed by atoms with van der Waals surface area (Å²) >= 11 is 0. The molecule has 1 aliphatic carbocycles. The van der Waals surface area contributed by atoms with E-state index in [1.165, 1.54) is 31.2 Å². The average Bonchev–Trinajstić information content (AvgIpc) is 3.34. The van der Waals surface area contributed by atoms with Crippen molar-refractivity contribution in [2.75, 3.05) is 20.1 Å². The van der Waals surface area contributed by atoms with Crippen molar-refractivity contribution in [2.45, 2.75) is 44.1 Å². The summed E-state index contributed by atoms with van der Waals surface area (Å²) in [5, 5.41) is 6.99. The van der Waals surface area contributed by atoms with Crippen molar-refractivity contribution >= 4 is 29.9 Å². The summed E-state index contributed by atoms with van der Waals surface area (Å²) in [4.78, 5) is 8.45.